The molecule has 0 bridgehead atoms. The van der Waals surface area contributed by atoms with E-state index < -0.39 is 0 Å². The SMILES string of the molecule is c1ccc(-c2ccc(-n3c4ccccc4c4cc(-c5ccc(C6c7ccccc7-c7cc(-c8cccc(-n9c%10ccccc%10c%10ccccc%109)c8)ccc76)cc5)ccc43)cc2)cc1. The number of hydrogen-bond acceptors (Lipinski definition) is 0. The van der Waals surface area contributed by atoms with Gasteiger partial charge >= 0.3 is 0 Å². The van der Waals surface area contributed by atoms with Crippen molar-refractivity contribution in [2.45, 2.75) is 5.92 Å². The molecule has 0 fully saturated rings. The monoisotopic (exact) mass is 800 g/mol. The van der Waals surface area contributed by atoms with Gasteiger partial charge in [0.25, 0.3) is 0 Å². The molecule has 12 aromatic rings. The molecule has 2 heterocycles. The Bertz CT molecular complexity index is 3660. The van der Waals surface area contributed by atoms with Gasteiger partial charge in [0.15, 0.2) is 0 Å². The molecule has 0 aliphatic heterocycles. The molecule has 2 nitrogen and oxygen atoms in total. The van der Waals surface area contributed by atoms with Gasteiger partial charge in [0.05, 0.1) is 22.1 Å². The fourth-order valence-electron chi connectivity index (χ4n) is 10.5. The largest absolute Gasteiger partial charge is 0.309 e. The van der Waals surface area contributed by atoms with Gasteiger partial charge in [-0.3, -0.25) is 0 Å². The lowest BCUT2D eigenvalue weighted by molar-refractivity contribution is 1.02. The summed E-state index contributed by atoms with van der Waals surface area (Å²) in [6.07, 6.45) is 0. The Hall–Kier alpha value is -8.20. The quantitative estimate of drug-likeness (QED) is 0.159. The van der Waals surface area contributed by atoms with E-state index in [4.69, 9.17) is 0 Å². The van der Waals surface area contributed by atoms with Crippen LogP contribution in [-0.2, 0) is 0 Å². The molecule has 10 aromatic carbocycles. The van der Waals surface area contributed by atoms with Crippen molar-refractivity contribution < 1.29 is 0 Å². The first kappa shape index (κ1) is 35.5. The van der Waals surface area contributed by atoms with E-state index in [9.17, 15) is 0 Å². The summed E-state index contributed by atoms with van der Waals surface area (Å²) in [5.41, 5.74) is 21.2. The molecule has 0 spiro atoms. The minimum absolute atomic E-state index is 0.164. The van der Waals surface area contributed by atoms with Gasteiger partial charge in [-0.2, -0.15) is 0 Å². The van der Waals surface area contributed by atoms with Crippen molar-refractivity contribution in [3.8, 4) is 55.9 Å². The summed E-state index contributed by atoms with van der Waals surface area (Å²) in [5.74, 6) is 0.164. The van der Waals surface area contributed by atoms with Crippen LogP contribution in [0.15, 0.2) is 237 Å². The summed E-state index contributed by atoms with van der Waals surface area (Å²) in [5, 5.41) is 5.07. The molecule has 0 N–H and O–H groups in total. The number of hydrogen-bond donors (Lipinski definition) is 0. The van der Waals surface area contributed by atoms with Crippen molar-refractivity contribution in [3.05, 3.63) is 253 Å². The van der Waals surface area contributed by atoms with Gasteiger partial charge in [0.2, 0.25) is 0 Å². The molecule has 13 rings (SSSR count). The molecule has 1 unspecified atom stereocenters. The zero-order valence-electron chi connectivity index (χ0n) is 34.5. The number of nitrogens with zero attached hydrogens (tertiary/aromatic N) is 2. The van der Waals surface area contributed by atoms with Gasteiger partial charge in [-0.1, -0.05) is 176 Å². The van der Waals surface area contributed by atoms with E-state index in [1.807, 2.05) is 0 Å². The molecule has 63 heavy (non-hydrogen) atoms. The van der Waals surface area contributed by atoms with Gasteiger partial charge in [-0.15, -0.1) is 0 Å². The number of aromatic nitrogens is 2. The molecule has 0 amide bonds. The standard InChI is InChI=1S/C61H40N2/c1-2-13-40(14-3-1)41-29-33-47(34-30-41)62-59-24-11-8-20-52(59)56-39-45(32-36-60(56)62)42-25-27-43(28-26-42)61-53-21-5-4-17-49(53)55-38-46(31-35-54(55)61)44-15-12-16-48(37-44)63-57-22-9-6-18-50(57)51-19-7-10-23-58(51)63/h1-39,61H. The third-order valence-electron chi connectivity index (χ3n) is 13.4. The highest BCUT2D eigenvalue weighted by Gasteiger charge is 2.30. The van der Waals surface area contributed by atoms with Crippen molar-refractivity contribution in [1.82, 2.24) is 9.13 Å². The second-order valence-electron chi connectivity index (χ2n) is 16.9. The third kappa shape index (κ3) is 5.65. The van der Waals surface area contributed by atoms with E-state index >= 15 is 0 Å². The first-order valence-electron chi connectivity index (χ1n) is 21.9. The Morgan fingerprint density at radius 3 is 1.46 bits per heavy atom. The summed E-state index contributed by atoms with van der Waals surface area (Å²) in [6, 6.07) is 87.1. The molecule has 2 heteroatoms. The third-order valence-corrected chi connectivity index (χ3v) is 13.4. The first-order chi connectivity index (χ1) is 31.2. The molecular formula is C61H40N2. The Morgan fingerprint density at radius 1 is 0.254 bits per heavy atom. The predicted molar refractivity (Wildman–Crippen MR) is 264 cm³/mol. The molecule has 0 saturated carbocycles. The average molecular weight is 801 g/mol. The zero-order valence-corrected chi connectivity index (χ0v) is 34.5. The van der Waals surface area contributed by atoms with Crippen LogP contribution < -0.4 is 0 Å². The lowest BCUT2D eigenvalue weighted by atomic mass is 9.88. The van der Waals surface area contributed by atoms with Gasteiger partial charge in [0.1, 0.15) is 0 Å². The van der Waals surface area contributed by atoms with E-state index in [1.54, 1.807) is 0 Å². The van der Waals surface area contributed by atoms with Crippen molar-refractivity contribution in [2.24, 2.45) is 0 Å². The number of rotatable bonds is 6. The molecule has 1 aliphatic carbocycles. The van der Waals surface area contributed by atoms with Crippen LogP contribution in [-0.4, -0.2) is 9.13 Å². The first-order valence-corrected chi connectivity index (χ1v) is 21.9. The predicted octanol–water partition coefficient (Wildman–Crippen LogP) is 16.0. The van der Waals surface area contributed by atoms with E-state index in [-0.39, 0.29) is 5.92 Å². The van der Waals surface area contributed by atoms with Gasteiger partial charge in [0, 0.05) is 38.8 Å². The second-order valence-corrected chi connectivity index (χ2v) is 16.9. The number of fused-ring (bicyclic) bond motifs is 9. The lowest BCUT2D eigenvalue weighted by Gasteiger charge is -2.16. The van der Waals surface area contributed by atoms with Gasteiger partial charge in [-0.25, -0.2) is 0 Å². The topological polar surface area (TPSA) is 9.86 Å². The summed E-state index contributed by atoms with van der Waals surface area (Å²) < 4.78 is 4.80. The summed E-state index contributed by atoms with van der Waals surface area (Å²) >= 11 is 0. The van der Waals surface area contributed by atoms with Crippen LogP contribution in [0.5, 0.6) is 0 Å². The normalized spacial score (nSPS) is 13.2. The summed E-state index contributed by atoms with van der Waals surface area (Å²) in [4.78, 5) is 0. The minimum atomic E-state index is 0.164. The Morgan fingerprint density at radius 2 is 0.730 bits per heavy atom. The highest BCUT2D eigenvalue weighted by Crippen LogP contribution is 2.49. The molecule has 2 aromatic heterocycles. The minimum Gasteiger partial charge on any atom is -0.309 e. The van der Waals surface area contributed by atoms with E-state index in [2.05, 4.69) is 246 Å². The highest BCUT2D eigenvalue weighted by atomic mass is 15.0. The van der Waals surface area contributed by atoms with E-state index in [0.717, 1.165) is 5.69 Å². The maximum Gasteiger partial charge on any atom is 0.0541 e. The molecule has 1 aliphatic rings. The average Bonchev–Trinajstić information content (AvgIpc) is 4.00. The van der Waals surface area contributed by atoms with Crippen molar-refractivity contribution in [3.63, 3.8) is 0 Å². The van der Waals surface area contributed by atoms with Crippen molar-refractivity contribution in [1.29, 1.82) is 0 Å². The van der Waals surface area contributed by atoms with Crippen LogP contribution in [0.2, 0.25) is 0 Å². The van der Waals surface area contributed by atoms with Crippen LogP contribution >= 0.6 is 0 Å². The zero-order chi connectivity index (χ0) is 41.4. The Balaban J connectivity index is 0.842. The maximum absolute atomic E-state index is 2.41. The number of para-hydroxylation sites is 3. The van der Waals surface area contributed by atoms with Crippen LogP contribution in [0.3, 0.4) is 0 Å². The van der Waals surface area contributed by atoms with Gasteiger partial charge in [-0.05, 0) is 122 Å². The van der Waals surface area contributed by atoms with Gasteiger partial charge < -0.3 is 9.13 Å². The fourth-order valence-corrected chi connectivity index (χ4v) is 10.5. The second kappa shape index (κ2) is 14.2. The smallest absolute Gasteiger partial charge is 0.0541 e. The van der Waals surface area contributed by atoms with Crippen molar-refractivity contribution >= 4 is 43.6 Å². The highest BCUT2D eigenvalue weighted by molar-refractivity contribution is 6.11. The Kier molecular flexibility index (Phi) is 8.01. The Labute approximate surface area is 366 Å². The lowest BCUT2D eigenvalue weighted by Crippen LogP contribution is -1.99. The molecule has 0 saturated heterocycles. The molecule has 294 valence electrons. The molecule has 0 radical (unpaired) electrons. The van der Waals surface area contributed by atoms with Crippen LogP contribution in [0.25, 0.3) is 99.5 Å². The summed E-state index contributed by atoms with van der Waals surface area (Å²) in [7, 11) is 0. The van der Waals surface area contributed by atoms with Crippen LogP contribution in [0.1, 0.15) is 22.6 Å². The molecular weight excluding hydrogens is 761 g/mol. The fraction of sp³-hybridized carbons (Fsp3) is 0.0164. The van der Waals surface area contributed by atoms with Crippen LogP contribution in [0.4, 0.5) is 0 Å². The van der Waals surface area contributed by atoms with Crippen LogP contribution in [0, 0.1) is 0 Å². The van der Waals surface area contributed by atoms with Crippen molar-refractivity contribution in [2.75, 3.05) is 0 Å². The van der Waals surface area contributed by atoms with E-state index in [1.165, 1.54) is 110 Å². The maximum atomic E-state index is 2.41. The number of benzene rings is 10. The summed E-state index contributed by atoms with van der Waals surface area (Å²) in [6.45, 7) is 0. The van der Waals surface area contributed by atoms with E-state index in [0.29, 0.717) is 0 Å². The molecule has 1 atom stereocenters.